The second-order valence-electron chi connectivity index (χ2n) is 3.91. The molecule has 0 radical (unpaired) electrons. The molecule has 0 atom stereocenters. The minimum absolute atomic E-state index is 0.109. The molecule has 7 heteroatoms. The highest BCUT2D eigenvalue weighted by atomic mass is 32.1. The van der Waals surface area contributed by atoms with Gasteiger partial charge in [-0.15, -0.1) is 11.3 Å². The number of nitrogens with zero attached hydrogens (tertiary/aromatic N) is 1. The molecule has 0 aliphatic heterocycles. The topological polar surface area (TPSA) is 92.4 Å². The van der Waals surface area contributed by atoms with Crippen LogP contribution in [-0.4, -0.2) is 22.0 Å². The van der Waals surface area contributed by atoms with Crippen molar-refractivity contribution in [3.05, 3.63) is 39.2 Å². The zero-order valence-electron chi connectivity index (χ0n) is 10.4. The van der Waals surface area contributed by atoms with Crippen LogP contribution in [-0.2, 0) is 6.54 Å². The Morgan fingerprint density at radius 3 is 2.74 bits per heavy atom. The fourth-order valence-electron chi connectivity index (χ4n) is 1.56. The van der Waals surface area contributed by atoms with E-state index in [1.54, 1.807) is 6.92 Å². The minimum atomic E-state index is -1.04. The molecule has 100 valence electrons. The highest BCUT2D eigenvalue weighted by Crippen LogP contribution is 2.15. The average molecular weight is 280 g/mol. The molecule has 0 bridgehead atoms. The largest absolute Gasteiger partial charge is 0.478 e. The van der Waals surface area contributed by atoms with Crippen LogP contribution < -0.4 is 5.32 Å². The average Bonchev–Trinajstić information content (AvgIpc) is 2.92. The third-order valence-electron chi connectivity index (χ3n) is 2.47. The molecular weight excluding hydrogens is 268 g/mol. The summed E-state index contributed by atoms with van der Waals surface area (Å²) in [5.41, 5.74) is 0.109. The number of nitrogens with one attached hydrogen (secondary N) is 1. The molecule has 0 fully saturated rings. The molecule has 0 spiro atoms. The Kier molecular flexibility index (Phi) is 3.66. The van der Waals surface area contributed by atoms with E-state index in [9.17, 15) is 9.59 Å². The lowest BCUT2D eigenvalue weighted by Gasteiger charge is -1.99. The number of aryl methyl sites for hydroxylation is 2. The zero-order valence-corrected chi connectivity index (χ0v) is 11.2. The summed E-state index contributed by atoms with van der Waals surface area (Å²) in [5.74, 6) is -0.566. The lowest BCUT2D eigenvalue weighted by atomic mass is 10.2. The second kappa shape index (κ2) is 5.23. The van der Waals surface area contributed by atoms with Crippen molar-refractivity contribution < 1.29 is 19.1 Å². The Hall–Kier alpha value is -2.15. The number of thiazole rings is 1. The molecule has 2 aromatic heterocycles. The maximum absolute atomic E-state index is 11.8. The zero-order chi connectivity index (χ0) is 14.0. The normalized spacial score (nSPS) is 10.4. The van der Waals surface area contributed by atoms with Gasteiger partial charge in [-0.05, 0) is 19.9 Å². The van der Waals surface area contributed by atoms with E-state index in [1.807, 2.05) is 6.92 Å². The summed E-state index contributed by atoms with van der Waals surface area (Å²) in [7, 11) is 0. The summed E-state index contributed by atoms with van der Waals surface area (Å²) in [5, 5.41) is 12.3. The molecule has 0 unspecified atom stereocenters. The lowest BCUT2D eigenvalue weighted by molar-refractivity contribution is 0.0694. The maximum Gasteiger partial charge on any atom is 0.339 e. The van der Waals surface area contributed by atoms with Crippen LogP contribution in [0.1, 0.15) is 36.6 Å². The summed E-state index contributed by atoms with van der Waals surface area (Å²) < 4.78 is 5.26. The van der Waals surface area contributed by atoms with Gasteiger partial charge in [0.15, 0.2) is 0 Å². The van der Waals surface area contributed by atoms with Gasteiger partial charge in [0.25, 0.3) is 5.91 Å². The van der Waals surface area contributed by atoms with Crippen LogP contribution in [0.3, 0.4) is 0 Å². The minimum Gasteiger partial charge on any atom is -0.478 e. The number of aromatic carboxylic acids is 1. The number of carboxylic acids is 1. The number of hydrogen-bond donors (Lipinski definition) is 2. The molecule has 1 amide bonds. The highest BCUT2D eigenvalue weighted by Gasteiger charge is 2.15. The number of carbonyl (C=O) groups is 2. The Labute approximate surface area is 113 Å². The summed E-state index contributed by atoms with van der Waals surface area (Å²) in [6.07, 6.45) is 1.51. The summed E-state index contributed by atoms with van der Waals surface area (Å²) in [6.45, 7) is 3.53. The van der Waals surface area contributed by atoms with Crippen LogP contribution in [0.2, 0.25) is 0 Å². The first kappa shape index (κ1) is 13.3. The van der Waals surface area contributed by atoms with Crippen molar-refractivity contribution in [3.8, 4) is 0 Å². The number of aromatic nitrogens is 1. The van der Waals surface area contributed by atoms with E-state index < -0.39 is 5.97 Å². The van der Waals surface area contributed by atoms with Crippen molar-refractivity contribution in [3.63, 3.8) is 0 Å². The van der Waals surface area contributed by atoms with Crippen molar-refractivity contribution in [1.82, 2.24) is 10.3 Å². The Balaban J connectivity index is 2.01. The molecule has 0 saturated carbocycles. The van der Waals surface area contributed by atoms with Crippen molar-refractivity contribution in [1.29, 1.82) is 0 Å². The molecule has 2 rings (SSSR count). The quantitative estimate of drug-likeness (QED) is 0.893. The Bertz CT molecular complexity index is 629. The lowest BCUT2D eigenvalue weighted by Crippen LogP contribution is -2.21. The van der Waals surface area contributed by atoms with E-state index in [2.05, 4.69) is 10.3 Å². The number of rotatable bonds is 4. The molecule has 6 nitrogen and oxygen atoms in total. The second-order valence-corrected chi connectivity index (χ2v) is 5.15. The highest BCUT2D eigenvalue weighted by molar-refractivity contribution is 7.13. The van der Waals surface area contributed by atoms with E-state index in [4.69, 9.17) is 9.52 Å². The summed E-state index contributed by atoms with van der Waals surface area (Å²) >= 11 is 1.30. The van der Waals surface area contributed by atoms with Crippen molar-refractivity contribution in [2.24, 2.45) is 0 Å². The number of carboxylic acid groups (broad SMARTS) is 1. The molecular formula is C12H12N2O4S. The Morgan fingerprint density at radius 1 is 1.47 bits per heavy atom. The third kappa shape index (κ3) is 3.00. The van der Waals surface area contributed by atoms with Gasteiger partial charge in [0, 0.05) is 0 Å². The van der Waals surface area contributed by atoms with E-state index >= 15 is 0 Å². The molecule has 2 heterocycles. The van der Waals surface area contributed by atoms with Gasteiger partial charge in [-0.2, -0.15) is 0 Å². The fourth-order valence-corrected chi connectivity index (χ4v) is 2.26. The predicted molar refractivity (Wildman–Crippen MR) is 68.4 cm³/mol. The monoisotopic (exact) mass is 280 g/mol. The van der Waals surface area contributed by atoms with Gasteiger partial charge in [-0.1, -0.05) is 0 Å². The first-order valence-electron chi connectivity index (χ1n) is 5.50. The standard InChI is InChI=1S/C12H12N2O4S/c1-6-9(12(16)17)3-8(18-6)4-14-11(15)10-5-13-7(2)19-10/h3,5H,4H2,1-2H3,(H,14,15)(H,16,17). The third-order valence-corrected chi connectivity index (χ3v) is 3.38. The SMILES string of the molecule is Cc1ncc(C(=O)NCc2cc(C(=O)O)c(C)o2)s1. The van der Waals surface area contributed by atoms with E-state index in [0.29, 0.717) is 16.4 Å². The van der Waals surface area contributed by atoms with Gasteiger partial charge < -0.3 is 14.8 Å². The fraction of sp³-hybridized carbons (Fsp3) is 0.250. The summed E-state index contributed by atoms with van der Waals surface area (Å²) in [4.78, 5) is 27.1. The maximum atomic E-state index is 11.8. The van der Waals surface area contributed by atoms with E-state index in [1.165, 1.54) is 23.6 Å². The van der Waals surface area contributed by atoms with Crippen molar-refractivity contribution >= 4 is 23.2 Å². The summed E-state index contributed by atoms with van der Waals surface area (Å²) in [6, 6.07) is 1.41. The molecule has 2 N–H and O–H groups in total. The van der Waals surface area contributed by atoms with Crippen molar-refractivity contribution in [2.75, 3.05) is 0 Å². The van der Waals surface area contributed by atoms with Crippen LogP contribution in [0.15, 0.2) is 16.7 Å². The van der Waals surface area contributed by atoms with E-state index in [-0.39, 0.29) is 18.0 Å². The predicted octanol–water partition coefficient (Wildman–Crippen LogP) is 1.98. The van der Waals surface area contributed by atoms with Crippen molar-refractivity contribution in [2.45, 2.75) is 20.4 Å². The van der Waals surface area contributed by atoms with Gasteiger partial charge in [0.05, 0.1) is 17.7 Å². The molecule has 19 heavy (non-hydrogen) atoms. The Morgan fingerprint density at radius 2 is 2.21 bits per heavy atom. The van der Waals surface area contributed by atoms with Crippen LogP contribution in [0.25, 0.3) is 0 Å². The molecule has 0 aliphatic rings. The first-order valence-corrected chi connectivity index (χ1v) is 6.32. The number of amides is 1. The van der Waals surface area contributed by atoms with Crippen LogP contribution in [0.4, 0.5) is 0 Å². The molecule has 2 aromatic rings. The van der Waals surface area contributed by atoms with Crippen LogP contribution in [0.5, 0.6) is 0 Å². The molecule has 0 aliphatic carbocycles. The molecule has 0 saturated heterocycles. The van der Waals surface area contributed by atoms with E-state index in [0.717, 1.165) is 5.01 Å². The van der Waals surface area contributed by atoms with Gasteiger partial charge in [-0.3, -0.25) is 4.79 Å². The first-order chi connectivity index (χ1) is 8.97. The number of furan rings is 1. The van der Waals surface area contributed by atoms with Gasteiger partial charge in [0.2, 0.25) is 0 Å². The number of carbonyl (C=O) groups excluding carboxylic acids is 1. The molecule has 0 aromatic carbocycles. The van der Waals surface area contributed by atoms with Gasteiger partial charge >= 0.3 is 5.97 Å². The smallest absolute Gasteiger partial charge is 0.339 e. The van der Waals surface area contributed by atoms with Gasteiger partial charge in [0.1, 0.15) is 22.0 Å². The van der Waals surface area contributed by atoms with Gasteiger partial charge in [-0.25, -0.2) is 9.78 Å². The van der Waals surface area contributed by atoms with Crippen LogP contribution in [0, 0.1) is 13.8 Å². The van der Waals surface area contributed by atoms with Crippen LogP contribution >= 0.6 is 11.3 Å². The number of hydrogen-bond acceptors (Lipinski definition) is 5.